The smallest absolute Gasteiger partial charge is 0.316 e. The predicted molar refractivity (Wildman–Crippen MR) is 105 cm³/mol. The number of carbonyl (C=O) groups excluding carboxylic acids is 2. The Morgan fingerprint density at radius 3 is 1.29 bits per heavy atom. The quantitative estimate of drug-likeness (QED) is 0.161. The minimum Gasteiger partial charge on any atom is -0.393 e. The van der Waals surface area contributed by atoms with E-state index in [2.05, 4.69) is 11.7 Å². The summed E-state index contributed by atoms with van der Waals surface area (Å²) < 4.78 is 4.49. The second-order valence-electron chi connectivity index (χ2n) is 6.67. The molecule has 3 nitrogen and oxygen atoms in total. The molecule has 0 saturated carbocycles. The van der Waals surface area contributed by atoms with Gasteiger partial charge in [0.05, 0.1) is 0 Å². The first-order chi connectivity index (χ1) is 11.2. The summed E-state index contributed by atoms with van der Waals surface area (Å²) in [6.45, 7) is 3.53. The van der Waals surface area contributed by atoms with Crippen LogP contribution in [-0.4, -0.2) is 35.0 Å². The van der Waals surface area contributed by atoms with E-state index < -0.39 is 5.97 Å². The highest BCUT2D eigenvalue weighted by molar-refractivity contribution is 5.83. The van der Waals surface area contributed by atoms with Crippen LogP contribution in [0.5, 0.6) is 0 Å². The topological polar surface area (TPSA) is 43.4 Å². The van der Waals surface area contributed by atoms with E-state index in [1.807, 2.05) is 0 Å². The molecule has 0 radical (unpaired) electrons. The van der Waals surface area contributed by atoms with Crippen molar-refractivity contribution in [1.29, 1.82) is 0 Å². The molecule has 0 heterocycles. The van der Waals surface area contributed by atoms with Gasteiger partial charge in [0, 0.05) is 13.3 Å². The van der Waals surface area contributed by atoms with Gasteiger partial charge < -0.3 is 4.74 Å². The summed E-state index contributed by atoms with van der Waals surface area (Å²) >= 11 is 0. The highest BCUT2D eigenvalue weighted by Crippen LogP contribution is 2.13. The van der Waals surface area contributed by atoms with Crippen LogP contribution in [-0.2, 0) is 14.3 Å². The summed E-state index contributed by atoms with van der Waals surface area (Å²) in [4.78, 5) is 21.7. The van der Waals surface area contributed by atoms with E-state index in [1.165, 1.54) is 90.4 Å². The molecule has 0 rings (SSSR count). The summed E-state index contributed by atoms with van der Waals surface area (Å²) in [6, 6.07) is 0. The molecule has 0 atom stereocenters. The number of hydrogen-bond acceptors (Lipinski definition) is 3. The summed E-state index contributed by atoms with van der Waals surface area (Å²) in [5.74, 6) is -0.886. The molecule has 0 aromatic heterocycles. The average molecular weight is 353 g/mol. The van der Waals surface area contributed by atoms with Gasteiger partial charge in [0.25, 0.3) is 0 Å². The second-order valence-corrected chi connectivity index (χ2v) is 6.67. The Morgan fingerprint density at radius 2 is 0.958 bits per heavy atom. The van der Waals surface area contributed by atoms with E-state index >= 15 is 0 Å². The third-order valence-corrected chi connectivity index (χ3v) is 4.24. The zero-order chi connectivity index (χ0) is 17.2. The first-order valence-electron chi connectivity index (χ1n) is 9.88. The highest BCUT2D eigenvalue weighted by atomic mass is 24.3. The van der Waals surface area contributed by atoms with Gasteiger partial charge in [-0.1, -0.05) is 96.8 Å². The van der Waals surface area contributed by atoms with Crippen molar-refractivity contribution in [3.8, 4) is 0 Å². The molecule has 0 saturated heterocycles. The molecule has 0 N–H and O–H groups in total. The van der Waals surface area contributed by atoms with Crippen LogP contribution in [0.25, 0.3) is 0 Å². The summed E-state index contributed by atoms with van der Waals surface area (Å²) in [5.41, 5.74) is 0. The lowest BCUT2D eigenvalue weighted by Crippen LogP contribution is -2.08. The van der Waals surface area contributed by atoms with Crippen molar-refractivity contribution in [2.75, 3.05) is 0 Å². The van der Waals surface area contributed by atoms with Crippen LogP contribution in [0, 0.1) is 0 Å². The van der Waals surface area contributed by atoms with Crippen LogP contribution in [0.2, 0.25) is 0 Å². The average Bonchev–Trinajstić information content (AvgIpc) is 2.50. The van der Waals surface area contributed by atoms with Crippen LogP contribution in [0.3, 0.4) is 0 Å². The van der Waals surface area contributed by atoms with Crippen molar-refractivity contribution in [2.24, 2.45) is 0 Å². The monoisotopic (exact) mass is 352 g/mol. The van der Waals surface area contributed by atoms with Crippen molar-refractivity contribution in [2.45, 2.75) is 117 Å². The molecule has 0 aliphatic heterocycles. The number of rotatable bonds is 16. The molecule has 24 heavy (non-hydrogen) atoms. The van der Waals surface area contributed by atoms with Gasteiger partial charge in [-0.25, -0.2) is 0 Å². The van der Waals surface area contributed by atoms with Gasteiger partial charge in [-0.15, -0.1) is 0 Å². The molecular formula is C20H40MgO3. The summed E-state index contributed by atoms with van der Waals surface area (Å²) in [6.07, 6.45) is 20.0. The van der Waals surface area contributed by atoms with Gasteiger partial charge in [-0.05, 0) is 6.42 Å². The fourth-order valence-electron chi connectivity index (χ4n) is 2.85. The summed E-state index contributed by atoms with van der Waals surface area (Å²) in [5, 5.41) is 0. The molecule has 0 aromatic rings. The molecule has 0 aliphatic rings. The fourth-order valence-corrected chi connectivity index (χ4v) is 2.85. The van der Waals surface area contributed by atoms with Gasteiger partial charge in [0.15, 0.2) is 0 Å². The van der Waals surface area contributed by atoms with Crippen LogP contribution in [0.15, 0.2) is 0 Å². The number of ether oxygens (including phenoxy) is 1. The van der Waals surface area contributed by atoms with Crippen LogP contribution in [0.1, 0.15) is 117 Å². The molecule has 0 amide bonds. The van der Waals surface area contributed by atoms with E-state index in [4.69, 9.17) is 0 Å². The third-order valence-electron chi connectivity index (χ3n) is 4.24. The molecule has 0 spiro atoms. The normalized spacial score (nSPS) is 10.2. The van der Waals surface area contributed by atoms with Crippen molar-refractivity contribution in [1.82, 2.24) is 0 Å². The van der Waals surface area contributed by atoms with Gasteiger partial charge in [-0.2, -0.15) is 0 Å². The molecule has 4 heteroatoms. The third kappa shape index (κ3) is 21.9. The second kappa shape index (κ2) is 20.9. The van der Waals surface area contributed by atoms with E-state index in [0.717, 1.165) is 12.8 Å². The van der Waals surface area contributed by atoms with E-state index in [9.17, 15) is 9.59 Å². The van der Waals surface area contributed by atoms with Crippen molar-refractivity contribution < 1.29 is 14.3 Å². The first-order valence-corrected chi connectivity index (χ1v) is 9.88. The Kier molecular flexibility index (Phi) is 22.8. The largest absolute Gasteiger partial charge is 0.393 e. The Labute approximate surface area is 165 Å². The van der Waals surface area contributed by atoms with E-state index in [1.54, 1.807) is 0 Å². The lowest BCUT2D eigenvalue weighted by Gasteiger charge is -2.03. The van der Waals surface area contributed by atoms with Gasteiger partial charge >= 0.3 is 35.0 Å². The van der Waals surface area contributed by atoms with Gasteiger partial charge in [0.2, 0.25) is 0 Å². The molecule has 0 bridgehead atoms. The maximum absolute atomic E-state index is 11.1. The Hall–Kier alpha value is -0.0938. The molecule has 0 fully saturated rings. The first kappa shape index (κ1) is 26.1. The van der Waals surface area contributed by atoms with Crippen LogP contribution in [0.4, 0.5) is 0 Å². The number of esters is 2. The minimum absolute atomic E-state index is 0. The van der Waals surface area contributed by atoms with Crippen LogP contribution < -0.4 is 0 Å². The number of hydrogen-bond donors (Lipinski definition) is 0. The maximum Gasteiger partial charge on any atom is 0.316 e. The highest BCUT2D eigenvalue weighted by Gasteiger charge is 2.04. The van der Waals surface area contributed by atoms with Gasteiger partial charge in [-0.3, -0.25) is 9.59 Å². The molecular weight excluding hydrogens is 313 g/mol. The zero-order valence-corrected chi connectivity index (χ0v) is 15.5. The fraction of sp³-hybridized carbons (Fsp3) is 0.900. The SMILES string of the molecule is CCCCCCCCCCCCCCCCCC(=O)OC(C)=O.[MgH2]. The number of unbranched alkanes of at least 4 members (excludes halogenated alkanes) is 14. The van der Waals surface area contributed by atoms with Gasteiger partial charge in [0.1, 0.15) is 0 Å². The zero-order valence-electron chi connectivity index (χ0n) is 15.5. The molecule has 140 valence electrons. The van der Waals surface area contributed by atoms with Crippen molar-refractivity contribution in [3.63, 3.8) is 0 Å². The van der Waals surface area contributed by atoms with Crippen molar-refractivity contribution in [3.05, 3.63) is 0 Å². The summed E-state index contributed by atoms with van der Waals surface area (Å²) in [7, 11) is 0. The standard InChI is InChI=1S/C20H38O3.Mg.2H/c1-3-4-5-6-7-8-9-10-11-12-13-14-15-16-17-18-20(22)23-19(2)21;;;/h3-18H2,1-2H3;;;. The lowest BCUT2D eigenvalue weighted by molar-refractivity contribution is -0.158. The number of carbonyl (C=O) groups is 2. The minimum atomic E-state index is -0.504. The Morgan fingerprint density at radius 1 is 0.625 bits per heavy atom. The maximum atomic E-state index is 11.1. The van der Waals surface area contributed by atoms with E-state index in [0.29, 0.717) is 6.42 Å². The Balaban J connectivity index is 0. The Bertz CT molecular complexity index is 293. The molecule has 0 unspecified atom stereocenters. The predicted octanol–water partition coefficient (Wildman–Crippen LogP) is 5.42. The van der Waals surface area contributed by atoms with Crippen LogP contribution >= 0.6 is 0 Å². The molecule has 0 aliphatic carbocycles. The molecule has 0 aromatic carbocycles. The lowest BCUT2D eigenvalue weighted by atomic mass is 10.0. The van der Waals surface area contributed by atoms with Crippen molar-refractivity contribution >= 4 is 35.0 Å². The van der Waals surface area contributed by atoms with E-state index in [-0.39, 0.29) is 29.0 Å².